The van der Waals surface area contributed by atoms with Crippen LogP contribution in [0.5, 0.6) is 0 Å². The maximum atomic E-state index is 11.8. The number of amides is 3. The summed E-state index contributed by atoms with van der Waals surface area (Å²) < 4.78 is 4.82. The molecular weight excluding hydrogens is 344 g/mol. The van der Waals surface area contributed by atoms with E-state index in [1.54, 1.807) is 18.2 Å². The molecule has 0 fully saturated rings. The normalized spacial score (nSPS) is 10.5. The number of hydrogen-bond acceptors (Lipinski definition) is 4. The summed E-state index contributed by atoms with van der Waals surface area (Å²) in [5, 5.41) is 4.66. The molecule has 0 radical (unpaired) electrons. The second-order valence-electron chi connectivity index (χ2n) is 6.15. The lowest BCUT2D eigenvalue weighted by molar-refractivity contribution is -0.143. The van der Waals surface area contributed by atoms with E-state index in [-0.39, 0.29) is 0 Å². The Morgan fingerprint density at radius 2 is 1.67 bits per heavy atom. The summed E-state index contributed by atoms with van der Waals surface area (Å²) in [6, 6.07) is 12.3. The highest BCUT2D eigenvalue weighted by molar-refractivity contribution is 6.02. The lowest BCUT2D eigenvalue weighted by atomic mass is 10.1. The molecule has 0 aliphatic carbocycles. The molecule has 0 spiro atoms. The van der Waals surface area contributed by atoms with Crippen LogP contribution in [0.2, 0.25) is 0 Å². The predicted octanol–water partition coefficient (Wildman–Crippen LogP) is 3.52. The van der Waals surface area contributed by atoms with Gasteiger partial charge in [0.1, 0.15) is 0 Å². The molecule has 0 unspecified atom stereocenters. The van der Waals surface area contributed by atoms with Crippen LogP contribution in [0.4, 0.5) is 10.5 Å². The molecule has 27 heavy (non-hydrogen) atoms. The number of anilines is 1. The Kier molecular flexibility index (Phi) is 6.88. The highest BCUT2D eigenvalue weighted by Crippen LogP contribution is 2.13. The number of hydrogen-bond donors (Lipinski definition) is 2. The van der Waals surface area contributed by atoms with Gasteiger partial charge in [-0.15, -0.1) is 0 Å². The molecule has 0 aliphatic heterocycles. The number of imide groups is 1. The average Bonchev–Trinajstić information content (AvgIpc) is 2.62. The number of aryl methyl sites for hydroxylation is 3. The second kappa shape index (κ2) is 9.33. The summed E-state index contributed by atoms with van der Waals surface area (Å²) >= 11 is 0. The van der Waals surface area contributed by atoms with E-state index in [0.29, 0.717) is 5.69 Å². The number of esters is 1. The summed E-state index contributed by atoms with van der Waals surface area (Å²) in [7, 11) is 0. The van der Waals surface area contributed by atoms with Crippen LogP contribution in [0, 0.1) is 20.8 Å². The lowest BCUT2D eigenvalue weighted by Crippen LogP contribution is -2.37. The summed E-state index contributed by atoms with van der Waals surface area (Å²) in [6.07, 6.45) is 2.82. The van der Waals surface area contributed by atoms with E-state index >= 15 is 0 Å². The van der Waals surface area contributed by atoms with Crippen molar-refractivity contribution in [2.75, 3.05) is 11.9 Å². The Labute approximate surface area is 158 Å². The molecule has 2 N–H and O–H groups in total. The highest BCUT2D eigenvalue weighted by atomic mass is 16.5. The van der Waals surface area contributed by atoms with Crippen molar-refractivity contribution in [3.8, 4) is 0 Å². The van der Waals surface area contributed by atoms with Gasteiger partial charge in [0.2, 0.25) is 0 Å². The SMILES string of the molecule is Cc1ccc(/C=C/C(=O)OCC(=O)NC(=O)Nc2ccc(C)c(C)c2)cc1. The van der Waals surface area contributed by atoms with Crippen LogP contribution in [-0.4, -0.2) is 24.5 Å². The molecule has 2 rings (SSSR count). The van der Waals surface area contributed by atoms with Crippen molar-refractivity contribution in [2.24, 2.45) is 0 Å². The van der Waals surface area contributed by atoms with Crippen molar-refractivity contribution in [3.63, 3.8) is 0 Å². The third-order valence-corrected chi connectivity index (χ3v) is 3.85. The van der Waals surface area contributed by atoms with E-state index < -0.39 is 24.5 Å². The van der Waals surface area contributed by atoms with Gasteiger partial charge in [-0.2, -0.15) is 0 Å². The molecule has 0 aliphatic rings. The minimum Gasteiger partial charge on any atom is -0.452 e. The highest BCUT2D eigenvalue weighted by Gasteiger charge is 2.10. The quantitative estimate of drug-likeness (QED) is 0.626. The molecular formula is C21H22N2O4. The Bertz CT molecular complexity index is 870. The van der Waals surface area contributed by atoms with Crippen molar-refractivity contribution >= 4 is 29.7 Å². The van der Waals surface area contributed by atoms with E-state index in [4.69, 9.17) is 4.74 Å². The smallest absolute Gasteiger partial charge is 0.331 e. The van der Waals surface area contributed by atoms with Crippen molar-refractivity contribution in [1.82, 2.24) is 5.32 Å². The topological polar surface area (TPSA) is 84.5 Å². The average molecular weight is 366 g/mol. The summed E-state index contributed by atoms with van der Waals surface area (Å²) in [6.45, 7) is 5.31. The van der Waals surface area contributed by atoms with Gasteiger partial charge in [-0.3, -0.25) is 10.1 Å². The number of urea groups is 1. The first-order valence-electron chi connectivity index (χ1n) is 8.43. The maximum Gasteiger partial charge on any atom is 0.331 e. The third-order valence-electron chi connectivity index (χ3n) is 3.85. The van der Waals surface area contributed by atoms with Gasteiger partial charge in [0.25, 0.3) is 5.91 Å². The molecule has 140 valence electrons. The van der Waals surface area contributed by atoms with Crippen LogP contribution in [-0.2, 0) is 14.3 Å². The molecule has 6 heteroatoms. The number of nitrogens with one attached hydrogen (secondary N) is 2. The number of carbonyl (C=O) groups excluding carboxylic acids is 3. The van der Waals surface area contributed by atoms with Gasteiger partial charge < -0.3 is 10.1 Å². The fourth-order valence-electron chi connectivity index (χ4n) is 2.17. The van der Waals surface area contributed by atoms with E-state index in [2.05, 4.69) is 10.6 Å². The Morgan fingerprint density at radius 1 is 0.963 bits per heavy atom. The van der Waals surface area contributed by atoms with Crippen molar-refractivity contribution in [3.05, 3.63) is 70.8 Å². The first kappa shape index (κ1) is 19.9. The van der Waals surface area contributed by atoms with Crippen LogP contribution in [0.15, 0.2) is 48.5 Å². The monoisotopic (exact) mass is 366 g/mol. The van der Waals surface area contributed by atoms with Crippen LogP contribution in [0.1, 0.15) is 22.3 Å². The van der Waals surface area contributed by atoms with Crippen molar-refractivity contribution in [2.45, 2.75) is 20.8 Å². The molecule has 2 aromatic rings. The predicted molar refractivity (Wildman–Crippen MR) is 104 cm³/mol. The molecule has 0 atom stereocenters. The lowest BCUT2D eigenvalue weighted by Gasteiger charge is -2.08. The molecule has 0 heterocycles. The standard InChI is InChI=1S/C21H22N2O4/c1-14-4-7-17(8-5-14)9-11-20(25)27-13-19(24)23-21(26)22-18-10-6-15(2)16(3)12-18/h4-12H,13H2,1-3H3,(H2,22,23,24,26)/b11-9+. The van der Waals surface area contributed by atoms with Gasteiger partial charge in [0, 0.05) is 11.8 Å². The Balaban J connectivity index is 1.76. The largest absolute Gasteiger partial charge is 0.452 e. The minimum atomic E-state index is -0.714. The number of benzene rings is 2. The summed E-state index contributed by atoms with van der Waals surface area (Å²) in [5.74, 6) is -1.38. The number of rotatable bonds is 5. The fourth-order valence-corrected chi connectivity index (χ4v) is 2.17. The fraction of sp³-hybridized carbons (Fsp3) is 0.190. The van der Waals surface area contributed by atoms with Gasteiger partial charge in [-0.05, 0) is 55.7 Å². The number of ether oxygens (including phenoxy) is 1. The van der Waals surface area contributed by atoms with Crippen molar-refractivity contribution in [1.29, 1.82) is 0 Å². The summed E-state index contributed by atoms with van der Waals surface area (Å²) in [5.41, 5.74) is 4.65. The molecule has 0 aromatic heterocycles. The van der Waals surface area contributed by atoms with Gasteiger partial charge in [-0.25, -0.2) is 9.59 Å². The van der Waals surface area contributed by atoms with E-state index in [9.17, 15) is 14.4 Å². The third kappa shape index (κ3) is 6.78. The van der Waals surface area contributed by atoms with Crippen molar-refractivity contribution < 1.29 is 19.1 Å². The van der Waals surface area contributed by atoms with E-state index in [0.717, 1.165) is 22.3 Å². The van der Waals surface area contributed by atoms with Crippen LogP contribution in [0.3, 0.4) is 0 Å². The molecule has 0 bridgehead atoms. The van der Waals surface area contributed by atoms with E-state index in [1.807, 2.05) is 51.1 Å². The van der Waals surface area contributed by atoms with Crippen LogP contribution < -0.4 is 10.6 Å². The zero-order valence-corrected chi connectivity index (χ0v) is 15.5. The first-order chi connectivity index (χ1) is 12.8. The Morgan fingerprint density at radius 3 is 2.33 bits per heavy atom. The maximum absolute atomic E-state index is 11.8. The van der Waals surface area contributed by atoms with E-state index in [1.165, 1.54) is 6.08 Å². The molecule has 0 saturated heterocycles. The van der Waals surface area contributed by atoms with Crippen LogP contribution >= 0.6 is 0 Å². The van der Waals surface area contributed by atoms with Gasteiger partial charge in [-0.1, -0.05) is 35.9 Å². The molecule has 0 saturated carbocycles. The Hall–Kier alpha value is -3.41. The first-order valence-corrected chi connectivity index (χ1v) is 8.43. The van der Waals surface area contributed by atoms with Gasteiger partial charge in [0.05, 0.1) is 0 Å². The molecule has 6 nitrogen and oxygen atoms in total. The number of carbonyl (C=O) groups is 3. The summed E-state index contributed by atoms with van der Waals surface area (Å²) in [4.78, 5) is 35.2. The minimum absolute atomic E-state index is 0.544. The zero-order chi connectivity index (χ0) is 19.8. The van der Waals surface area contributed by atoms with Gasteiger partial charge >= 0.3 is 12.0 Å². The molecule has 2 aromatic carbocycles. The van der Waals surface area contributed by atoms with Crippen LogP contribution in [0.25, 0.3) is 6.08 Å². The zero-order valence-electron chi connectivity index (χ0n) is 15.5. The molecule has 3 amide bonds. The second-order valence-corrected chi connectivity index (χ2v) is 6.15. The van der Waals surface area contributed by atoms with Gasteiger partial charge in [0.15, 0.2) is 6.61 Å².